The Hall–Kier alpha value is -1.75. The van der Waals surface area contributed by atoms with Gasteiger partial charge in [0.2, 0.25) is 0 Å². The van der Waals surface area contributed by atoms with Crippen molar-refractivity contribution in [3.8, 4) is 11.5 Å². The first-order valence-electron chi connectivity index (χ1n) is 7.61. The standard InChI is InChI=1S/C16H21NO4/c18-11-12-5-2-1-3-8-17(12)16(19)13-6-4-7-14-15(13)21-10-9-20-14/h4,6-7,12,18H,1-3,5,8-11H2. The molecule has 1 saturated heterocycles. The average molecular weight is 291 g/mol. The molecule has 2 aliphatic rings. The Morgan fingerprint density at radius 2 is 2.10 bits per heavy atom. The molecule has 0 spiro atoms. The van der Waals surface area contributed by atoms with Crippen LogP contribution in [0.5, 0.6) is 11.5 Å². The van der Waals surface area contributed by atoms with E-state index >= 15 is 0 Å². The number of benzene rings is 1. The van der Waals surface area contributed by atoms with E-state index in [1.165, 1.54) is 0 Å². The number of para-hydroxylation sites is 1. The van der Waals surface area contributed by atoms with Crippen molar-refractivity contribution >= 4 is 5.91 Å². The smallest absolute Gasteiger partial charge is 0.258 e. The summed E-state index contributed by atoms with van der Waals surface area (Å²) < 4.78 is 11.2. The number of nitrogens with zero attached hydrogens (tertiary/aromatic N) is 1. The second-order valence-electron chi connectivity index (χ2n) is 5.51. The minimum absolute atomic E-state index is 0.0120. The van der Waals surface area contributed by atoms with Crippen LogP contribution >= 0.6 is 0 Å². The van der Waals surface area contributed by atoms with Gasteiger partial charge < -0.3 is 19.5 Å². The Balaban J connectivity index is 1.90. The van der Waals surface area contributed by atoms with Crippen molar-refractivity contribution < 1.29 is 19.4 Å². The van der Waals surface area contributed by atoms with E-state index < -0.39 is 0 Å². The van der Waals surface area contributed by atoms with Crippen molar-refractivity contribution in [1.29, 1.82) is 0 Å². The van der Waals surface area contributed by atoms with Crippen LogP contribution in [0.3, 0.4) is 0 Å². The summed E-state index contributed by atoms with van der Waals surface area (Å²) in [4.78, 5) is 14.7. The van der Waals surface area contributed by atoms with E-state index in [4.69, 9.17) is 9.47 Å². The summed E-state index contributed by atoms with van der Waals surface area (Å²) in [7, 11) is 0. The lowest BCUT2D eigenvalue weighted by molar-refractivity contribution is 0.0590. The van der Waals surface area contributed by atoms with E-state index in [0.29, 0.717) is 36.8 Å². The van der Waals surface area contributed by atoms with Gasteiger partial charge in [-0.1, -0.05) is 18.9 Å². The number of ether oxygens (including phenoxy) is 2. The lowest BCUT2D eigenvalue weighted by Gasteiger charge is -2.30. The highest BCUT2D eigenvalue weighted by molar-refractivity contribution is 5.98. The highest BCUT2D eigenvalue weighted by Crippen LogP contribution is 2.35. The van der Waals surface area contributed by atoms with Crippen molar-refractivity contribution in [2.24, 2.45) is 0 Å². The molecule has 1 atom stereocenters. The van der Waals surface area contributed by atoms with Gasteiger partial charge in [0.1, 0.15) is 13.2 Å². The molecule has 1 aromatic carbocycles. The van der Waals surface area contributed by atoms with Gasteiger partial charge in [-0.3, -0.25) is 4.79 Å². The van der Waals surface area contributed by atoms with Crippen molar-refractivity contribution in [2.75, 3.05) is 26.4 Å². The second kappa shape index (κ2) is 6.35. The molecule has 114 valence electrons. The molecule has 1 aromatic rings. The lowest BCUT2D eigenvalue weighted by Crippen LogP contribution is -2.42. The van der Waals surface area contributed by atoms with Crippen LogP contribution in [0.1, 0.15) is 36.0 Å². The van der Waals surface area contributed by atoms with Crippen molar-refractivity contribution in [1.82, 2.24) is 4.90 Å². The molecular weight excluding hydrogens is 270 g/mol. The molecule has 0 aromatic heterocycles. The van der Waals surface area contributed by atoms with E-state index in [2.05, 4.69) is 0 Å². The SMILES string of the molecule is O=C(c1cccc2c1OCCO2)N1CCCCCC1CO. The molecule has 2 aliphatic heterocycles. The third-order valence-electron chi connectivity index (χ3n) is 4.15. The zero-order chi connectivity index (χ0) is 14.7. The molecular formula is C16H21NO4. The summed E-state index contributed by atoms with van der Waals surface area (Å²) in [6.45, 7) is 1.67. The normalized spacial score (nSPS) is 21.8. The summed E-state index contributed by atoms with van der Waals surface area (Å²) >= 11 is 0. The number of carbonyl (C=O) groups is 1. The highest BCUT2D eigenvalue weighted by atomic mass is 16.6. The number of rotatable bonds is 2. The molecule has 1 unspecified atom stereocenters. The van der Waals surface area contributed by atoms with Gasteiger partial charge in [-0.15, -0.1) is 0 Å². The van der Waals surface area contributed by atoms with Crippen molar-refractivity contribution in [3.63, 3.8) is 0 Å². The van der Waals surface area contributed by atoms with Gasteiger partial charge in [0.05, 0.1) is 18.2 Å². The van der Waals surface area contributed by atoms with Gasteiger partial charge >= 0.3 is 0 Å². The summed E-state index contributed by atoms with van der Waals surface area (Å²) in [6.07, 6.45) is 4.00. The fourth-order valence-corrected chi connectivity index (χ4v) is 3.03. The summed E-state index contributed by atoms with van der Waals surface area (Å²) in [6, 6.07) is 5.30. The number of hydrogen-bond donors (Lipinski definition) is 1. The van der Waals surface area contributed by atoms with Crippen LogP contribution in [0, 0.1) is 0 Å². The number of aliphatic hydroxyl groups excluding tert-OH is 1. The van der Waals surface area contributed by atoms with Gasteiger partial charge in [-0.25, -0.2) is 0 Å². The fraction of sp³-hybridized carbons (Fsp3) is 0.562. The Morgan fingerprint density at radius 1 is 1.24 bits per heavy atom. The predicted octanol–water partition coefficient (Wildman–Crippen LogP) is 1.83. The Kier molecular flexibility index (Phi) is 4.29. The molecule has 0 aliphatic carbocycles. The monoisotopic (exact) mass is 291 g/mol. The van der Waals surface area contributed by atoms with E-state index in [1.807, 2.05) is 12.1 Å². The molecule has 1 fully saturated rings. The number of hydrogen-bond acceptors (Lipinski definition) is 4. The van der Waals surface area contributed by atoms with Gasteiger partial charge in [0.15, 0.2) is 11.5 Å². The Morgan fingerprint density at radius 3 is 2.95 bits per heavy atom. The van der Waals surface area contributed by atoms with E-state index in [1.54, 1.807) is 11.0 Å². The summed E-state index contributed by atoms with van der Waals surface area (Å²) in [5.74, 6) is 1.09. The average Bonchev–Trinajstić information content (AvgIpc) is 2.79. The molecule has 5 heteroatoms. The van der Waals surface area contributed by atoms with Gasteiger partial charge in [-0.05, 0) is 25.0 Å². The molecule has 3 rings (SSSR count). The Labute approximate surface area is 124 Å². The molecule has 1 amide bonds. The molecule has 21 heavy (non-hydrogen) atoms. The number of likely N-dealkylation sites (tertiary alicyclic amines) is 1. The molecule has 0 saturated carbocycles. The van der Waals surface area contributed by atoms with Crippen LogP contribution in [0.2, 0.25) is 0 Å². The van der Waals surface area contributed by atoms with Gasteiger partial charge in [0, 0.05) is 6.54 Å². The van der Waals surface area contributed by atoms with Crippen LogP contribution in [0.15, 0.2) is 18.2 Å². The maximum Gasteiger partial charge on any atom is 0.258 e. The number of aliphatic hydroxyl groups is 1. The minimum Gasteiger partial charge on any atom is -0.486 e. The van der Waals surface area contributed by atoms with Crippen molar-refractivity contribution in [3.05, 3.63) is 23.8 Å². The number of amides is 1. The summed E-state index contributed by atoms with van der Waals surface area (Å²) in [5, 5.41) is 9.57. The van der Waals surface area contributed by atoms with Crippen LogP contribution < -0.4 is 9.47 Å². The van der Waals surface area contributed by atoms with Gasteiger partial charge in [-0.2, -0.15) is 0 Å². The van der Waals surface area contributed by atoms with Crippen molar-refractivity contribution in [2.45, 2.75) is 31.7 Å². The largest absolute Gasteiger partial charge is 0.486 e. The van der Waals surface area contributed by atoms with Crippen LogP contribution in [0.4, 0.5) is 0 Å². The maximum atomic E-state index is 12.9. The first kappa shape index (κ1) is 14.2. The third kappa shape index (κ3) is 2.83. The third-order valence-corrected chi connectivity index (χ3v) is 4.15. The minimum atomic E-state index is -0.0969. The second-order valence-corrected chi connectivity index (χ2v) is 5.51. The fourth-order valence-electron chi connectivity index (χ4n) is 3.03. The lowest BCUT2D eigenvalue weighted by atomic mass is 10.1. The molecule has 0 radical (unpaired) electrons. The number of carbonyl (C=O) groups excluding carboxylic acids is 1. The maximum absolute atomic E-state index is 12.9. The summed E-state index contributed by atoms with van der Waals surface area (Å²) in [5.41, 5.74) is 0.535. The zero-order valence-corrected chi connectivity index (χ0v) is 12.1. The Bertz CT molecular complexity index is 517. The molecule has 2 heterocycles. The number of fused-ring (bicyclic) bond motifs is 1. The van der Waals surface area contributed by atoms with E-state index in [0.717, 1.165) is 25.7 Å². The first-order valence-corrected chi connectivity index (χ1v) is 7.61. The topological polar surface area (TPSA) is 59.0 Å². The molecule has 5 nitrogen and oxygen atoms in total. The van der Waals surface area contributed by atoms with E-state index in [9.17, 15) is 9.90 Å². The molecule has 0 bridgehead atoms. The quantitative estimate of drug-likeness (QED) is 0.903. The van der Waals surface area contributed by atoms with Crippen LogP contribution in [-0.4, -0.2) is 48.3 Å². The highest BCUT2D eigenvalue weighted by Gasteiger charge is 2.29. The first-order chi connectivity index (χ1) is 10.3. The molecule has 1 N–H and O–H groups in total. The van der Waals surface area contributed by atoms with E-state index in [-0.39, 0.29) is 18.6 Å². The predicted molar refractivity (Wildman–Crippen MR) is 77.8 cm³/mol. The van der Waals surface area contributed by atoms with Crippen LogP contribution in [0.25, 0.3) is 0 Å². The van der Waals surface area contributed by atoms with Crippen LogP contribution in [-0.2, 0) is 0 Å². The van der Waals surface area contributed by atoms with Gasteiger partial charge in [0.25, 0.3) is 5.91 Å². The zero-order valence-electron chi connectivity index (χ0n) is 12.1.